The molecule has 0 bridgehead atoms. The van der Waals surface area contributed by atoms with Crippen LogP contribution in [-0.4, -0.2) is 35.6 Å². The number of fused-ring (bicyclic) bond motifs is 2. The second-order valence-electron chi connectivity index (χ2n) is 7.42. The Bertz CT molecular complexity index is 1200. The Labute approximate surface area is 168 Å². The summed E-state index contributed by atoms with van der Waals surface area (Å²) in [6.07, 6.45) is 2.23. The first-order valence-corrected chi connectivity index (χ1v) is 9.80. The Balaban J connectivity index is 1.73. The topological polar surface area (TPSA) is 68.5 Å². The number of aromatic nitrogens is 2. The molecular formula is C23H21N3O3. The Hall–Kier alpha value is -3.41. The van der Waals surface area contributed by atoms with Crippen molar-refractivity contribution in [2.75, 3.05) is 18.6 Å². The van der Waals surface area contributed by atoms with Crippen molar-refractivity contribution >= 4 is 33.8 Å². The number of carbonyl (C=O) groups excluding carboxylic acids is 1. The van der Waals surface area contributed by atoms with Gasteiger partial charge >= 0.3 is 5.97 Å². The molecular weight excluding hydrogens is 366 g/mol. The third-order valence-corrected chi connectivity index (χ3v) is 5.55. The number of nitrogens with zero attached hydrogens (tertiary/aromatic N) is 3. The van der Waals surface area contributed by atoms with Crippen molar-refractivity contribution in [3.8, 4) is 11.5 Å². The number of hydrogen-bond acceptors (Lipinski definition) is 6. The van der Waals surface area contributed by atoms with E-state index in [1.54, 1.807) is 18.2 Å². The number of benzene rings is 2. The molecule has 0 N–H and O–H groups in total. The van der Waals surface area contributed by atoms with E-state index in [0.717, 1.165) is 41.9 Å². The van der Waals surface area contributed by atoms with Crippen LogP contribution in [0.25, 0.3) is 33.5 Å². The van der Waals surface area contributed by atoms with Crippen LogP contribution in [0.2, 0.25) is 0 Å². The summed E-state index contributed by atoms with van der Waals surface area (Å²) >= 11 is 0. The van der Waals surface area contributed by atoms with Gasteiger partial charge in [-0.1, -0.05) is 18.2 Å². The number of hydrogen-bond donors (Lipinski definition) is 0. The van der Waals surface area contributed by atoms with Crippen molar-refractivity contribution in [1.29, 1.82) is 0 Å². The van der Waals surface area contributed by atoms with Crippen molar-refractivity contribution in [2.24, 2.45) is 0 Å². The highest BCUT2D eigenvalue weighted by molar-refractivity contribution is 5.94. The van der Waals surface area contributed by atoms with Crippen LogP contribution < -0.4 is 4.90 Å². The van der Waals surface area contributed by atoms with Gasteiger partial charge in [-0.15, -0.1) is 0 Å². The highest BCUT2D eigenvalue weighted by Crippen LogP contribution is 2.36. The fraction of sp³-hybridized carbons (Fsp3) is 0.261. The maximum Gasteiger partial charge on any atom is 0.337 e. The Morgan fingerprint density at radius 3 is 2.76 bits per heavy atom. The van der Waals surface area contributed by atoms with Crippen molar-refractivity contribution in [2.45, 2.75) is 25.8 Å². The number of carbonyl (C=O) groups is 1. The fourth-order valence-electron chi connectivity index (χ4n) is 4.00. The van der Waals surface area contributed by atoms with Crippen molar-refractivity contribution in [3.05, 3.63) is 54.1 Å². The summed E-state index contributed by atoms with van der Waals surface area (Å²) in [7, 11) is 1.38. The molecule has 1 atom stereocenters. The van der Waals surface area contributed by atoms with Crippen LogP contribution in [0.4, 0.5) is 5.82 Å². The van der Waals surface area contributed by atoms with Gasteiger partial charge in [0.05, 0.1) is 23.7 Å². The molecule has 1 fully saturated rings. The van der Waals surface area contributed by atoms with Gasteiger partial charge < -0.3 is 14.1 Å². The number of methoxy groups -OCH3 is 1. The molecule has 0 spiro atoms. The van der Waals surface area contributed by atoms with E-state index in [4.69, 9.17) is 19.1 Å². The van der Waals surface area contributed by atoms with E-state index >= 15 is 0 Å². The SMILES string of the molecule is COC(=O)c1ccc2nc(-c3cc4ccccc4o3)c(N3CCCC3C)nc2c1. The summed E-state index contributed by atoms with van der Waals surface area (Å²) in [6.45, 7) is 3.12. The molecule has 6 heteroatoms. The summed E-state index contributed by atoms with van der Waals surface area (Å²) < 4.78 is 11.0. The number of esters is 1. The monoisotopic (exact) mass is 387 g/mol. The maximum atomic E-state index is 11.9. The predicted octanol–water partition coefficient (Wildman–Crippen LogP) is 4.82. The molecule has 0 radical (unpaired) electrons. The van der Waals surface area contributed by atoms with E-state index in [-0.39, 0.29) is 5.97 Å². The molecule has 1 saturated heterocycles. The molecule has 2 aromatic heterocycles. The minimum atomic E-state index is -0.383. The van der Waals surface area contributed by atoms with Crippen LogP contribution in [0, 0.1) is 0 Å². The number of anilines is 1. The molecule has 0 aliphatic carbocycles. The van der Waals surface area contributed by atoms with Gasteiger partial charge in [-0.05, 0) is 50.1 Å². The van der Waals surface area contributed by atoms with Crippen LogP contribution in [0.5, 0.6) is 0 Å². The highest BCUT2D eigenvalue weighted by Gasteiger charge is 2.27. The first-order valence-electron chi connectivity index (χ1n) is 9.80. The first kappa shape index (κ1) is 17.7. The summed E-state index contributed by atoms with van der Waals surface area (Å²) in [5.41, 5.74) is 3.40. The third kappa shape index (κ3) is 3.01. The molecule has 6 nitrogen and oxygen atoms in total. The van der Waals surface area contributed by atoms with Crippen LogP contribution in [0.15, 0.2) is 52.9 Å². The van der Waals surface area contributed by atoms with Gasteiger partial charge in [-0.2, -0.15) is 0 Å². The second-order valence-corrected chi connectivity index (χ2v) is 7.42. The lowest BCUT2D eigenvalue weighted by molar-refractivity contribution is 0.0601. The molecule has 2 aromatic carbocycles. The van der Waals surface area contributed by atoms with Gasteiger partial charge in [0, 0.05) is 18.0 Å². The zero-order valence-electron chi connectivity index (χ0n) is 16.4. The Kier molecular flexibility index (Phi) is 4.19. The summed E-state index contributed by atoms with van der Waals surface area (Å²) in [6, 6.07) is 15.6. The van der Waals surface area contributed by atoms with Gasteiger partial charge in [-0.25, -0.2) is 14.8 Å². The summed E-state index contributed by atoms with van der Waals surface area (Å²) in [5, 5.41) is 1.03. The molecule has 1 aliphatic rings. The lowest BCUT2D eigenvalue weighted by Gasteiger charge is -2.24. The standard InChI is InChI=1S/C23H21N3O3/c1-14-6-5-11-26(14)22-21(20-13-15-7-3-4-8-19(15)29-20)24-17-10-9-16(23(27)28-2)12-18(17)25-22/h3-4,7-10,12-14H,5-6,11H2,1-2H3. The van der Waals surface area contributed by atoms with Gasteiger partial charge in [0.2, 0.25) is 0 Å². The first-order chi connectivity index (χ1) is 14.1. The molecule has 4 aromatic rings. The number of para-hydroxylation sites is 1. The number of ether oxygens (including phenoxy) is 1. The van der Waals surface area contributed by atoms with E-state index in [0.29, 0.717) is 28.4 Å². The lowest BCUT2D eigenvalue weighted by Crippen LogP contribution is -2.28. The van der Waals surface area contributed by atoms with Crippen LogP contribution >= 0.6 is 0 Å². The average molecular weight is 387 g/mol. The molecule has 1 unspecified atom stereocenters. The van der Waals surface area contributed by atoms with Crippen molar-refractivity contribution in [1.82, 2.24) is 9.97 Å². The Morgan fingerprint density at radius 1 is 1.14 bits per heavy atom. The number of rotatable bonds is 3. The van der Waals surface area contributed by atoms with Crippen molar-refractivity contribution < 1.29 is 13.9 Å². The third-order valence-electron chi connectivity index (χ3n) is 5.55. The van der Waals surface area contributed by atoms with E-state index in [1.165, 1.54) is 7.11 Å². The number of furan rings is 1. The summed E-state index contributed by atoms with van der Waals surface area (Å²) in [5.74, 6) is 1.11. The minimum absolute atomic E-state index is 0.369. The summed E-state index contributed by atoms with van der Waals surface area (Å²) in [4.78, 5) is 24.0. The van der Waals surface area contributed by atoms with Gasteiger partial charge in [0.25, 0.3) is 0 Å². The molecule has 1 aliphatic heterocycles. The Morgan fingerprint density at radius 2 is 2.00 bits per heavy atom. The van der Waals surface area contributed by atoms with E-state index in [1.807, 2.05) is 30.3 Å². The van der Waals surface area contributed by atoms with Crippen LogP contribution in [0.1, 0.15) is 30.1 Å². The van der Waals surface area contributed by atoms with Gasteiger partial charge in [0.15, 0.2) is 11.6 Å². The molecule has 5 rings (SSSR count). The van der Waals surface area contributed by atoms with E-state index in [9.17, 15) is 4.79 Å². The van der Waals surface area contributed by atoms with Gasteiger partial charge in [-0.3, -0.25) is 0 Å². The quantitative estimate of drug-likeness (QED) is 0.470. The van der Waals surface area contributed by atoms with Crippen molar-refractivity contribution in [3.63, 3.8) is 0 Å². The minimum Gasteiger partial charge on any atom is -0.465 e. The molecule has 146 valence electrons. The molecule has 3 heterocycles. The molecule has 29 heavy (non-hydrogen) atoms. The van der Waals surface area contributed by atoms with E-state index < -0.39 is 0 Å². The van der Waals surface area contributed by atoms with E-state index in [2.05, 4.69) is 11.8 Å². The normalized spacial score (nSPS) is 16.6. The zero-order chi connectivity index (χ0) is 20.0. The molecule has 0 amide bonds. The average Bonchev–Trinajstić information content (AvgIpc) is 3.37. The lowest BCUT2D eigenvalue weighted by atomic mass is 10.1. The van der Waals surface area contributed by atoms with Crippen LogP contribution in [-0.2, 0) is 4.74 Å². The van der Waals surface area contributed by atoms with Gasteiger partial charge in [0.1, 0.15) is 11.3 Å². The van der Waals surface area contributed by atoms with Crippen LogP contribution in [0.3, 0.4) is 0 Å². The zero-order valence-corrected chi connectivity index (χ0v) is 16.4. The maximum absolute atomic E-state index is 11.9. The fourth-order valence-corrected chi connectivity index (χ4v) is 4.00. The molecule has 0 saturated carbocycles. The predicted molar refractivity (Wildman–Crippen MR) is 112 cm³/mol. The largest absolute Gasteiger partial charge is 0.465 e. The highest BCUT2D eigenvalue weighted by atomic mass is 16.5. The second kappa shape index (κ2) is 6.88. The smallest absolute Gasteiger partial charge is 0.337 e.